The van der Waals surface area contributed by atoms with E-state index >= 15 is 0 Å². The molecule has 0 radical (unpaired) electrons. The second-order valence-electron chi connectivity index (χ2n) is 20.1. The molecule has 0 bridgehead atoms. The summed E-state index contributed by atoms with van der Waals surface area (Å²) < 4.78 is 24.5. The second-order valence-corrected chi connectivity index (χ2v) is 20.1. The zero-order valence-electron chi connectivity index (χ0n) is 34.0. The Morgan fingerprint density at radius 2 is 1.30 bits per heavy atom. The molecule has 0 amide bonds. The molecule has 10 N–H and O–H groups in total. The summed E-state index contributed by atoms with van der Waals surface area (Å²) in [6, 6.07) is 0. The number of ether oxygens (including phenoxy) is 4. The van der Waals surface area contributed by atoms with Crippen LogP contribution in [0, 0.1) is 50.7 Å². The van der Waals surface area contributed by atoms with Crippen molar-refractivity contribution in [2.24, 2.45) is 50.7 Å². The molecular formula is C42H70O14. The fourth-order valence-electron chi connectivity index (χ4n) is 14.2. The Balaban J connectivity index is 1.18. The van der Waals surface area contributed by atoms with E-state index in [-0.39, 0.29) is 46.0 Å². The molecular weight excluding hydrogens is 728 g/mol. The van der Waals surface area contributed by atoms with Crippen LogP contribution >= 0.6 is 0 Å². The number of allylic oxidation sites excluding steroid dienone is 1. The average molecular weight is 799 g/mol. The topological polar surface area (TPSA) is 239 Å². The van der Waals surface area contributed by atoms with E-state index in [1.54, 1.807) is 0 Å². The fourth-order valence-corrected chi connectivity index (χ4v) is 14.2. The van der Waals surface area contributed by atoms with Crippen LogP contribution in [0.2, 0.25) is 0 Å². The highest BCUT2D eigenvalue weighted by atomic mass is 16.7. The van der Waals surface area contributed by atoms with Crippen LogP contribution in [0.5, 0.6) is 0 Å². The van der Waals surface area contributed by atoms with Crippen LogP contribution < -0.4 is 0 Å². The first-order valence-electron chi connectivity index (χ1n) is 21.1. The average Bonchev–Trinajstić information content (AvgIpc) is 3.77. The number of hydrogen-bond donors (Lipinski definition) is 10. The zero-order valence-corrected chi connectivity index (χ0v) is 34.0. The summed E-state index contributed by atoms with van der Waals surface area (Å²) in [4.78, 5) is 0. The molecule has 2 saturated heterocycles. The van der Waals surface area contributed by atoms with Gasteiger partial charge in [-0.25, -0.2) is 0 Å². The van der Waals surface area contributed by atoms with Gasteiger partial charge in [0, 0.05) is 5.41 Å². The highest BCUT2D eigenvalue weighted by molar-refractivity contribution is 5.31. The van der Waals surface area contributed by atoms with Crippen LogP contribution in [0.15, 0.2) is 11.6 Å². The molecule has 0 aromatic rings. The molecule has 322 valence electrons. The van der Waals surface area contributed by atoms with Crippen molar-refractivity contribution in [3.63, 3.8) is 0 Å². The zero-order chi connectivity index (χ0) is 40.9. The van der Waals surface area contributed by atoms with Crippen molar-refractivity contribution in [2.45, 2.75) is 179 Å². The Hall–Kier alpha value is -0.820. The number of aliphatic hydroxyl groups is 10. The van der Waals surface area contributed by atoms with Crippen molar-refractivity contribution in [1.29, 1.82) is 0 Å². The predicted octanol–water partition coefficient (Wildman–Crippen LogP) is 0.731. The van der Waals surface area contributed by atoms with Crippen molar-refractivity contribution in [3.8, 4) is 0 Å². The molecule has 0 aromatic heterocycles. The molecule has 14 nitrogen and oxygen atoms in total. The van der Waals surface area contributed by atoms with Gasteiger partial charge in [-0.05, 0) is 117 Å². The monoisotopic (exact) mass is 798 g/mol. The SMILES string of the molecule is CC(C)=CCC(O)C(C)C1C(O)CC2(C)C3CCC4C(C)(COC5OC(CO)C(O)C(O)C5O)C(OC5OC(CO)C(O)C(O)C5O)CCC45CC35CCC12C. The Bertz CT molecular complexity index is 1440. The maximum Gasteiger partial charge on any atom is 0.186 e. The summed E-state index contributed by atoms with van der Waals surface area (Å²) in [5.74, 6) is 0.242. The highest BCUT2D eigenvalue weighted by Crippen LogP contribution is 2.89. The molecule has 14 heteroatoms. The molecule has 7 rings (SSSR count). The minimum Gasteiger partial charge on any atom is -0.394 e. The molecule has 2 heterocycles. The van der Waals surface area contributed by atoms with Gasteiger partial charge in [-0.3, -0.25) is 0 Å². The van der Waals surface area contributed by atoms with Crippen molar-refractivity contribution in [1.82, 2.24) is 0 Å². The second kappa shape index (κ2) is 15.3. The molecule has 0 aromatic carbocycles. The van der Waals surface area contributed by atoms with Gasteiger partial charge < -0.3 is 70.0 Å². The fraction of sp³-hybridized carbons (Fsp3) is 0.952. The molecule has 56 heavy (non-hydrogen) atoms. The first kappa shape index (κ1) is 43.3. The van der Waals surface area contributed by atoms with E-state index in [0.29, 0.717) is 25.2 Å². The Kier molecular flexibility index (Phi) is 11.8. The Morgan fingerprint density at radius 3 is 1.91 bits per heavy atom. The van der Waals surface area contributed by atoms with Crippen molar-refractivity contribution < 1.29 is 70.0 Å². The van der Waals surface area contributed by atoms with Gasteiger partial charge >= 0.3 is 0 Å². The van der Waals surface area contributed by atoms with Gasteiger partial charge in [-0.15, -0.1) is 0 Å². The summed E-state index contributed by atoms with van der Waals surface area (Å²) in [6.07, 6.45) is -6.88. The first-order valence-corrected chi connectivity index (χ1v) is 21.1. The quantitative estimate of drug-likeness (QED) is 0.103. The lowest BCUT2D eigenvalue weighted by Crippen LogP contribution is -2.63. The van der Waals surface area contributed by atoms with E-state index in [9.17, 15) is 51.1 Å². The van der Waals surface area contributed by atoms with Crippen LogP contribution in [0.3, 0.4) is 0 Å². The van der Waals surface area contributed by atoms with Gasteiger partial charge in [0.15, 0.2) is 12.6 Å². The van der Waals surface area contributed by atoms with Crippen molar-refractivity contribution in [2.75, 3.05) is 19.8 Å². The number of fused-ring (bicyclic) bond motifs is 2. The van der Waals surface area contributed by atoms with Crippen LogP contribution in [-0.4, -0.2) is 151 Å². The molecule has 5 saturated carbocycles. The van der Waals surface area contributed by atoms with Gasteiger partial charge in [0.05, 0.1) is 38.1 Å². The minimum atomic E-state index is -1.61. The summed E-state index contributed by atoms with van der Waals surface area (Å²) in [5.41, 5.74) is -0.0759. The summed E-state index contributed by atoms with van der Waals surface area (Å²) >= 11 is 0. The van der Waals surface area contributed by atoms with E-state index in [2.05, 4.69) is 33.8 Å². The molecule has 7 fully saturated rings. The minimum absolute atomic E-state index is 0.00120. The van der Waals surface area contributed by atoms with Crippen molar-refractivity contribution >= 4 is 0 Å². The number of aliphatic hydroxyl groups excluding tert-OH is 10. The van der Waals surface area contributed by atoms with Crippen molar-refractivity contribution in [3.05, 3.63) is 11.6 Å². The summed E-state index contributed by atoms with van der Waals surface area (Å²) in [6.45, 7) is 11.8. The largest absolute Gasteiger partial charge is 0.394 e. The first-order chi connectivity index (χ1) is 26.3. The third-order valence-electron chi connectivity index (χ3n) is 17.4. The van der Waals surface area contributed by atoms with Crippen LogP contribution in [-0.2, 0) is 18.9 Å². The molecule has 5 aliphatic carbocycles. The third kappa shape index (κ3) is 6.34. The molecule has 22 atom stereocenters. The third-order valence-corrected chi connectivity index (χ3v) is 17.4. The van der Waals surface area contributed by atoms with E-state index in [1.165, 1.54) is 0 Å². The lowest BCUT2D eigenvalue weighted by atomic mass is 9.41. The highest BCUT2D eigenvalue weighted by Gasteiger charge is 2.83. The van der Waals surface area contributed by atoms with Gasteiger partial charge in [-0.1, -0.05) is 39.3 Å². The normalized spacial score (nSPS) is 54.9. The Morgan fingerprint density at radius 1 is 0.732 bits per heavy atom. The van der Waals surface area contributed by atoms with Gasteiger partial charge in [0.2, 0.25) is 0 Å². The maximum atomic E-state index is 11.9. The van der Waals surface area contributed by atoms with E-state index in [0.717, 1.165) is 44.1 Å². The van der Waals surface area contributed by atoms with Crippen LogP contribution in [0.25, 0.3) is 0 Å². The van der Waals surface area contributed by atoms with E-state index in [1.807, 2.05) is 13.8 Å². The molecule has 2 spiro atoms. The van der Waals surface area contributed by atoms with E-state index in [4.69, 9.17) is 18.9 Å². The molecule has 7 aliphatic rings. The molecule has 22 unspecified atom stereocenters. The van der Waals surface area contributed by atoms with Crippen LogP contribution in [0.1, 0.15) is 99.3 Å². The summed E-state index contributed by atoms with van der Waals surface area (Å²) in [7, 11) is 0. The lowest BCUT2D eigenvalue weighted by Gasteiger charge is -2.64. The number of hydrogen-bond acceptors (Lipinski definition) is 14. The number of rotatable bonds is 11. The lowest BCUT2D eigenvalue weighted by molar-refractivity contribution is -0.340. The maximum absolute atomic E-state index is 11.9. The summed E-state index contributed by atoms with van der Waals surface area (Å²) in [5, 5.41) is 107. The van der Waals surface area contributed by atoms with E-state index < -0.39 is 98.4 Å². The standard InChI is InChI=1S/C42H70O14/c1-20(2)7-8-22(45)21(3)29-23(46)15-40(6)27-10-9-26-38(4,19-53-36-34(51)32(49)30(47)24(16-43)54-36)28(56-37-35(52)33(50)31(48)25(17-44)55-37)11-12-41(26)18-42(27,41)14-13-39(29,40)5/h7,21-37,43-52H,8-19H2,1-6H3. The van der Waals surface area contributed by atoms with Gasteiger partial charge in [0.1, 0.15) is 48.8 Å². The van der Waals surface area contributed by atoms with Gasteiger partial charge in [-0.2, -0.15) is 0 Å². The van der Waals surface area contributed by atoms with Crippen LogP contribution in [0.4, 0.5) is 0 Å². The predicted molar refractivity (Wildman–Crippen MR) is 200 cm³/mol. The van der Waals surface area contributed by atoms with Gasteiger partial charge in [0.25, 0.3) is 0 Å². The molecule has 2 aliphatic heterocycles. The Labute approximate surface area is 330 Å². The smallest absolute Gasteiger partial charge is 0.186 e.